The fourth-order valence-corrected chi connectivity index (χ4v) is 3.26. The van der Waals surface area contributed by atoms with Crippen LogP contribution in [0.3, 0.4) is 0 Å². The summed E-state index contributed by atoms with van der Waals surface area (Å²) in [6, 6.07) is 15.6. The van der Waals surface area contributed by atoms with Crippen molar-refractivity contribution in [2.75, 3.05) is 12.0 Å². The zero-order valence-electron chi connectivity index (χ0n) is 14.5. The van der Waals surface area contributed by atoms with Gasteiger partial charge in [0.05, 0.1) is 10.2 Å². The van der Waals surface area contributed by atoms with Gasteiger partial charge in [0.15, 0.2) is 6.61 Å². The van der Waals surface area contributed by atoms with Crippen LogP contribution < -0.4 is 15.6 Å². The molecule has 0 aliphatic rings. The molecule has 0 radical (unpaired) electrons. The predicted molar refractivity (Wildman–Crippen MR) is 102 cm³/mol. The number of thiazole rings is 1. The number of carbonyl (C=O) groups excluding carboxylic acids is 1. The van der Waals surface area contributed by atoms with Crippen molar-refractivity contribution in [1.29, 1.82) is 0 Å². The van der Waals surface area contributed by atoms with Gasteiger partial charge in [0.25, 0.3) is 5.91 Å². The smallest absolute Gasteiger partial charge is 0.276 e. The highest BCUT2D eigenvalue weighted by Gasteiger charge is 2.18. The molecule has 2 N–H and O–H groups in total. The predicted octanol–water partition coefficient (Wildman–Crippen LogP) is 4.12. The van der Waals surface area contributed by atoms with Crippen molar-refractivity contribution in [3.63, 3.8) is 0 Å². The van der Waals surface area contributed by atoms with E-state index in [0.29, 0.717) is 5.13 Å². The van der Waals surface area contributed by atoms with E-state index in [-0.39, 0.29) is 17.9 Å². The van der Waals surface area contributed by atoms with Gasteiger partial charge in [-0.2, -0.15) is 0 Å². The lowest BCUT2D eigenvalue weighted by molar-refractivity contribution is -0.122. The van der Waals surface area contributed by atoms with E-state index in [0.717, 1.165) is 21.5 Å². The minimum atomic E-state index is -0.261. The normalized spacial score (nSPS) is 11.3. The fourth-order valence-electron chi connectivity index (χ4n) is 2.44. The van der Waals surface area contributed by atoms with Gasteiger partial charge >= 0.3 is 0 Å². The van der Waals surface area contributed by atoms with Crippen molar-refractivity contribution in [1.82, 2.24) is 10.4 Å². The van der Waals surface area contributed by atoms with Crippen LogP contribution >= 0.6 is 11.3 Å². The first kappa shape index (κ1) is 17.2. The first-order chi connectivity index (χ1) is 11.9. The number of nitrogens with zero attached hydrogens (tertiary/aromatic N) is 1. The zero-order valence-corrected chi connectivity index (χ0v) is 15.3. The summed E-state index contributed by atoms with van der Waals surface area (Å²) in [5.41, 5.74) is 7.39. The van der Waals surface area contributed by atoms with Gasteiger partial charge in [-0.3, -0.25) is 15.6 Å². The van der Waals surface area contributed by atoms with E-state index in [2.05, 4.69) is 36.6 Å². The molecule has 25 heavy (non-hydrogen) atoms. The van der Waals surface area contributed by atoms with Crippen LogP contribution in [0.15, 0.2) is 48.5 Å². The second-order valence-electron chi connectivity index (χ2n) is 6.69. The van der Waals surface area contributed by atoms with Crippen LogP contribution in [0, 0.1) is 0 Å². The van der Waals surface area contributed by atoms with Crippen molar-refractivity contribution in [2.24, 2.45) is 0 Å². The third kappa shape index (κ3) is 4.28. The van der Waals surface area contributed by atoms with Gasteiger partial charge in [0.1, 0.15) is 5.75 Å². The minimum absolute atomic E-state index is 0.0493. The molecule has 0 atom stereocenters. The Bertz CT molecular complexity index is 851. The summed E-state index contributed by atoms with van der Waals surface area (Å²) in [5.74, 6) is 0.466. The highest BCUT2D eigenvalue weighted by molar-refractivity contribution is 7.22. The third-order valence-corrected chi connectivity index (χ3v) is 4.61. The maximum absolute atomic E-state index is 12.0. The number of carbonyl (C=O) groups is 1. The number of hydrazine groups is 1. The minimum Gasteiger partial charge on any atom is -0.483 e. The summed E-state index contributed by atoms with van der Waals surface area (Å²) >= 11 is 1.48. The molecule has 1 aromatic heterocycles. The fraction of sp³-hybridized carbons (Fsp3) is 0.263. The molecular weight excluding hydrogens is 334 g/mol. The lowest BCUT2D eigenvalue weighted by Crippen LogP contribution is -2.33. The Morgan fingerprint density at radius 1 is 1.12 bits per heavy atom. The SMILES string of the molecule is CC(C)(C)c1ccccc1OCC(=O)NNc1nc2ccccc2s1. The molecule has 0 spiro atoms. The monoisotopic (exact) mass is 355 g/mol. The standard InChI is InChI=1S/C19H21N3O2S/c1-19(2,3)13-8-4-6-10-15(13)24-12-17(23)21-22-18-20-14-9-5-7-11-16(14)25-18/h4-11H,12H2,1-3H3,(H,20,22)(H,21,23). The van der Waals surface area contributed by atoms with Crippen molar-refractivity contribution < 1.29 is 9.53 Å². The van der Waals surface area contributed by atoms with Gasteiger partial charge in [-0.05, 0) is 29.2 Å². The van der Waals surface area contributed by atoms with Crippen molar-refractivity contribution in [3.8, 4) is 5.75 Å². The molecule has 0 saturated carbocycles. The van der Waals surface area contributed by atoms with E-state index in [9.17, 15) is 4.79 Å². The number of ether oxygens (including phenoxy) is 1. The number of hydrogen-bond donors (Lipinski definition) is 2. The van der Waals surface area contributed by atoms with Gasteiger partial charge in [-0.15, -0.1) is 0 Å². The number of anilines is 1. The maximum atomic E-state index is 12.0. The van der Waals surface area contributed by atoms with Crippen LogP contribution in [-0.2, 0) is 10.2 Å². The Morgan fingerprint density at radius 3 is 2.60 bits per heavy atom. The lowest BCUT2D eigenvalue weighted by Gasteiger charge is -2.22. The molecule has 0 aliphatic heterocycles. The Labute approximate surface area is 151 Å². The molecule has 0 aliphatic carbocycles. The van der Waals surface area contributed by atoms with E-state index < -0.39 is 0 Å². The molecule has 5 nitrogen and oxygen atoms in total. The maximum Gasteiger partial charge on any atom is 0.276 e. The number of rotatable bonds is 5. The van der Waals surface area contributed by atoms with Gasteiger partial charge in [-0.1, -0.05) is 62.4 Å². The summed E-state index contributed by atoms with van der Waals surface area (Å²) in [6.45, 7) is 6.28. The third-order valence-electron chi connectivity index (χ3n) is 3.66. The van der Waals surface area contributed by atoms with Crippen LogP contribution in [0.1, 0.15) is 26.3 Å². The van der Waals surface area contributed by atoms with E-state index >= 15 is 0 Å². The molecule has 0 fully saturated rings. The summed E-state index contributed by atoms with van der Waals surface area (Å²) in [4.78, 5) is 16.4. The van der Waals surface area contributed by atoms with Crippen molar-refractivity contribution in [2.45, 2.75) is 26.2 Å². The summed E-state index contributed by atoms with van der Waals surface area (Å²) in [6.07, 6.45) is 0. The molecule has 1 amide bonds. The van der Waals surface area contributed by atoms with Crippen LogP contribution in [0.4, 0.5) is 5.13 Å². The molecule has 6 heteroatoms. The average Bonchev–Trinajstić information content (AvgIpc) is 3.00. The number of amides is 1. The molecule has 130 valence electrons. The molecule has 3 aromatic rings. The van der Waals surface area contributed by atoms with Crippen LogP contribution in [-0.4, -0.2) is 17.5 Å². The molecule has 1 heterocycles. The second kappa shape index (κ2) is 7.11. The van der Waals surface area contributed by atoms with Gasteiger partial charge in [-0.25, -0.2) is 4.98 Å². The Balaban J connectivity index is 1.57. The summed E-state index contributed by atoms with van der Waals surface area (Å²) < 4.78 is 6.77. The highest BCUT2D eigenvalue weighted by Crippen LogP contribution is 2.30. The molecule has 2 aromatic carbocycles. The molecule has 3 rings (SSSR count). The zero-order chi connectivity index (χ0) is 17.9. The topological polar surface area (TPSA) is 63.2 Å². The number of nitrogens with one attached hydrogen (secondary N) is 2. The molecule has 0 bridgehead atoms. The average molecular weight is 355 g/mol. The van der Waals surface area contributed by atoms with Crippen molar-refractivity contribution >= 4 is 32.6 Å². The number of para-hydroxylation sites is 2. The Morgan fingerprint density at radius 2 is 1.84 bits per heavy atom. The largest absolute Gasteiger partial charge is 0.483 e. The highest BCUT2D eigenvalue weighted by atomic mass is 32.1. The van der Waals surface area contributed by atoms with Gasteiger partial charge < -0.3 is 4.74 Å². The van der Waals surface area contributed by atoms with Crippen LogP contribution in [0.5, 0.6) is 5.75 Å². The lowest BCUT2D eigenvalue weighted by atomic mass is 9.86. The first-order valence-corrected chi connectivity index (χ1v) is 8.88. The summed E-state index contributed by atoms with van der Waals surface area (Å²) in [7, 11) is 0. The summed E-state index contributed by atoms with van der Waals surface area (Å²) in [5, 5.41) is 0.643. The van der Waals surface area contributed by atoms with Crippen LogP contribution in [0.25, 0.3) is 10.2 Å². The number of fused-ring (bicyclic) bond motifs is 1. The number of hydrogen-bond acceptors (Lipinski definition) is 5. The quantitative estimate of drug-likeness (QED) is 0.676. The number of aromatic nitrogens is 1. The second-order valence-corrected chi connectivity index (χ2v) is 7.73. The number of benzene rings is 2. The van der Waals surface area contributed by atoms with Gasteiger partial charge in [0, 0.05) is 0 Å². The van der Waals surface area contributed by atoms with Gasteiger partial charge in [0.2, 0.25) is 5.13 Å². The Hall–Kier alpha value is -2.60. The molecular formula is C19H21N3O2S. The Kier molecular flexibility index (Phi) is 4.90. The van der Waals surface area contributed by atoms with E-state index in [1.807, 2.05) is 48.5 Å². The van der Waals surface area contributed by atoms with Crippen molar-refractivity contribution in [3.05, 3.63) is 54.1 Å². The molecule has 0 unspecified atom stereocenters. The first-order valence-electron chi connectivity index (χ1n) is 8.06. The molecule has 0 saturated heterocycles. The van der Waals surface area contributed by atoms with E-state index in [1.165, 1.54) is 11.3 Å². The van der Waals surface area contributed by atoms with E-state index in [1.54, 1.807) is 0 Å². The van der Waals surface area contributed by atoms with E-state index in [4.69, 9.17) is 4.74 Å². The van der Waals surface area contributed by atoms with Crippen LogP contribution in [0.2, 0.25) is 0 Å².